The highest BCUT2D eigenvalue weighted by Gasteiger charge is 2.42. The van der Waals surface area contributed by atoms with E-state index in [1.807, 2.05) is 13.8 Å². The summed E-state index contributed by atoms with van der Waals surface area (Å²) in [6.45, 7) is 10.9. The Morgan fingerprint density at radius 3 is 2.36 bits per heavy atom. The van der Waals surface area contributed by atoms with E-state index in [9.17, 15) is 19.2 Å². The van der Waals surface area contributed by atoms with Crippen LogP contribution in [0.15, 0.2) is 24.3 Å². The Hall–Kier alpha value is -3.63. The van der Waals surface area contributed by atoms with Gasteiger partial charge in [-0.1, -0.05) is 38.1 Å². The third-order valence-electron chi connectivity index (χ3n) is 6.16. The van der Waals surface area contributed by atoms with Crippen molar-refractivity contribution in [2.45, 2.75) is 85.0 Å². The lowest BCUT2D eigenvalue weighted by Crippen LogP contribution is -2.56. The number of carbonyl (C=O) groups excluding carboxylic acids is 4. The molecule has 39 heavy (non-hydrogen) atoms. The van der Waals surface area contributed by atoms with E-state index < -0.39 is 42.2 Å². The molecular weight excluding hydrogens is 502 g/mol. The van der Waals surface area contributed by atoms with Gasteiger partial charge in [-0.25, -0.2) is 4.79 Å². The molecule has 0 bridgehead atoms. The summed E-state index contributed by atoms with van der Waals surface area (Å²) in [5.74, 6) is -1.36. The van der Waals surface area contributed by atoms with Crippen LogP contribution in [0, 0.1) is 11.3 Å². The van der Waals surface area contributed by atoms with Crippen LogP contribution in [-0.4, -0.2) is 76.9 Å². The lowest BCUT2D eigenvalue weighted by molar-refractivity contribution is -0.148. The number of benzene rings is 1. The molecule has 0 radical (unpaired) electrons. The van der Waals surface area contributed by atoms with Gasteiger partial charge < -0.3 is 25.4 Å². The molecule has 0 aliphatic carbocycles. The Morgan fingerprint density at radius 1 is 1.18 bits per heavy atom. The number of carbonyl (C=O) groups is 4. The van der Waals surface area contributed by atoms with E-state index in [-0.39, 0.29) is 37.2 Å². The molecule has 11 heteroatoms. The number of nitrogen functional groups attached to an aromatic ring is 1. The molecule has 1 fully saturated rings. The highest BCUT2D eigenvalue weighted by molar-refractivity contribution is 5.95. The Morgan fingerprint density at radius 2 is 1.82 bits per heavy atom. The largest absolute Gasteiger partial charge is 0.465 e. The number of likely N-dealkylation sites (tertiary alicyclic amines) is 1. The monoisotopic (exact) mass is 545 g/mol. The second-order valence-electron chi connectivity index (χ2n) is 11.1. The van der Waals surface area contributed by atoms with Gasteiger partial charge in [-0.2, -0.15) is 0 Å². The van der Waals surface area contributed by atoms with Gasteiger partial charge in [-0.15, -0.1) is 0 Å². The van der Waals surface area contributed by atoms with Crippen molar-refractivity contribution in [3.63, 3.8) is 0 Å². The molecule has 1 aliphatic heterocycles. The van der Waals surface area contributed by atoms with Gasteiger partial charge in [0.25, 0.3) is 0 Å². The maximum Gasteiger partial charge on any atom is 0.411 e. The van der Waals surface area contributed by atoms with E-state index in [2.05, 4.69) is 5.32 Å². The molecule has 1 saturated heterocycles. The minimum Gasteiger partial charge on any atom is -0.465 e. The number of amidine groups is 1. The number of nitrogens with one attached hydrogen (secondary N) is 2. The van der Waals surface area contributed by atoms with Crippen molar-refractivity contribution in [2.24, 2.45) is 11.7 Å². The predicted molar refractivity (Wildman–Crippen MR) is 147 cm³/mol. The molecule has 1 aromatic rings. The maximum absolute atomic E-state index is 13.9. The van der Waals surface area contributed by atoms with Gasteiger partial charge in [-0.3, -0.25) is 24.7 Å². The van der Waals surface area contributed by atoms with Gasteiger partial charge in [0.05, 0.1) is 6.61 Å². The Bertz CT molecular complexity index is 1030. The molecule has 1 aromatic carbocycles. The predicted octanol–water partition coefficient (Wildman–Crippen LogP) is 2.79. The average Bonchev–Trinajstić information content (AvgIpc) is 3.33. The van der Waals surface area contributed by atoms with E-state index in [4.69, 9.17) is 20.6 Å². The normalized spacial score (nSPS) is 16.0. The number of esters is 1. The summed E-state index contributed by atoms with van der Waals surface area (Å²) in [6.07, 6.45) is 0.615. The molecule has 1 heterocycles. The first kappa shape index (κ1) is 31.6. The average molecular weight is 546 g/mol. The number of amides is 3. The zero-order valence-electron chi connectivity index (χ0n) is 23.9. The third kappa shape index (κ3) is 9.56. The molecule has 4 N–H and O–H groups in total. The Kier molecular flexibility index (Phi) is 11.3. The van der Waals surface area contributed by atoms with E-state index in [0.29, 0.717) is 24.9 Å². The second-order valence-corrected chi connectivity index (χ2v) is 11.1. The van der Waals surface area contributed by atoms with Crippen LogP contribution < -0.4 is 11.1 Å². The van der Waals surface area contributed by atoms with Crippen LogP contribution in [0.5, 0.6) is 0 Å². The fraction of sp³-hybridized carbons (Fsp3) is 0.607. The molecular formula is C28H43N5O6. The second kappa shape index (κ2) is 14.0. The first-order valence-electron chi connectivity index (χ1n) is 13.4. The molecule has 1 aliphatic rings. The molecule has 0 spiro atoms. The first-order valence-corrected chi connectivity index (χ1v) is 13.4. The molecule has 0 unspecified atom stereocenters. The number of nitrogens with zero attached hydrogens (tertiary/aromatic N) is 2. The van der Waals surface area contributed by atoms with Crippen molar-refractivity contribution >= 4 is 29.7 Å². The van der Waals surface area contributed by atoms with E-state index >= 15 is 0 Å². The van der Waals surface area contributed by atoms with Gasteiger partial charge >= 0.3 is 12.1 Å². The third-order valence-corrected chi connectivity index (χ3v) is 6.16. The van der Waals surface area contributed by atoms with Gasteiger partial charge in [0.2, 0.25) is 11.8 Å². The van der Waals surface area contributed by atoms with Crippen molar-refractivity contribution in [2.75, 3.05) is 19.7 Å². The lowest BCUT2D eigenvalue weighted by Gasteiger charge is -2.36. The highest BCUT2D eigenvalue weighted by atomic mass is 16.6. The SMILES string of the molecule is CCOC(=O)CN(C(=O)OC(C)(C)C)[C@H](CC(C)C)C(=O)N1CCC[C@H]1C(=O)NCc1ccc(C(=N)N)cc1. The number of rotatable bonds is 11. The fourth-order valence-corrected chi connectivity index (χ4v) is 4.38. The summed E-state index contributed by atoms with van der Waals surface area (Å²) in [5.41, 5.74) is 6.07. The summed E-state index contributed by atoms with van der Waals surface area (Å²) in [6, 6.07) is 5.27. The Balaban J connectivity index is 2.24. The maximum atomic E-state index is 13.9. The highest BCUT2D eigenvalue weighted by Crippen LogP contribution is 2.24. The quantitative estimate of drug-likeness (QED) is 0.219. The van der Waals surface area contributed by atoms with E-state index in [0.717, 1.165) is 10.5 Å². The van der Waals surface area contributed by atoms with Crippen LogP contribution in [0.2, 0.25) is 0 Å². The summed E-state index contributed by atoms with van der Waals surface area (Å²) in [4.78, 5) is 55.4. The van der Waals surface area contributed by atoms with Gasteiger partial charge in [0.15, 0.2) is 0 Å². The molecule has 11 nitrogen and oxygen atoms in total. The van der Waals surface area contributed by atoms with Crippen molar-refractivity contribution < 1.29 is 28.7 Å². The van der Waals surface area contributed by atoms with Crippen LogP contribution in [0.25, 0.3) is 0 Å². The molecule has 3 amide bonds. The van der Waals surface area contributed by atoms with Crippen molar-refractivity contribution in [1.82, 2.24) is 15.1 Å². The minimum atomic E-state index is -1.00. The minimum absolute atomic E-state index is 0.0129. The number of ether oxygens (including phenoxy) is 2. The number of nitrogens with two attached hydrogens (primary N) is 1. The Labute approximate surface area is 230 Å². The van der Waals surface area contributed by atoms with Crippen molar-refractivity contribution in [1.29, 1.82) is 5.41 Å². The van der Waals surface area contributed by atoms with Gasteiger partial charge in [-0.05, 0) is 58.4 Å². The standard InChI is InChI=1S/C28H43N5O6/c1-7-38-23(34)17-33(27(37)39-28(4,5)6)22(15-18(2)3)26(36)32-14-8-9-21(32)25(35)31-16-19-10-12-20(13-11-19)24(29)30/h10-13,18,21-22H,7-9,14-17H2,1-6H3,(H3,29,30)(H,31,35)/t21-,22+/m0/s1. The van der Waals surface area contributed by atoms with E-state index in [1.54, 1.807) is 52.0 Å². The molecule has 2 atom stereocenters. The number of hydrogen-bond donors (Lipinski definition) is 3. The van der Waals surface area contributed by atoms with Crippen LogP contribution in [0.3, 0.4) is 0 Å². The summed E-state index contributed by atoms with van der Waals surface area (Å²) in [5, 5.41) is 10.4. The van der Waals surface area contributed by atoms with Gasteiger partial charge in [0.1, 0.15) is 30.1 Å². The van der Waals surface area contributed by atoms with Crippen LogP contribution in [0.1, 0.15) is 71.9 Å². The zero-order valence-corrected chi connectivity index (χ0v) is 23.9. The summed E-state index contributed by atoms with van der Waals surface area (Å²) >= 11 is 0. The molecule has 0 aromatic heterocycles. The lowest BCUT2D eigenvalue weighted by atomic mass is 10.0. The zero-order chi connectivity index (χ0) is 29.3. The fourth-order valence-electron chi connectivity index (χ4n) is 4.38. The topological polar surface area (TPSA) is 155 Å². The van der Waals surface area contributed by atoms with Crippen molar-refractivity contribution in [3.05, 3.63) is 35.4 Å². The smallest absolute Gasteiger partial charge is 0.411 e. The number of hydrogen-bond acceptors (Lipinski definition) is 7. The van der Waals surface area contributed by atoms with Crippen LogP contribution >= 0.6 is 0 Å². The van der Waals surface area contributed by atoms with Crippen LogP contribution in [-0.2, 0) is 30.4 Å². The van der Waals surface area contributed by atoms with E-state index in [1.165, 1.54) is 4.90 Å². The first-order chi connectivity index (χ1) is 18.2. The summed E-state index contributed by atoms with van der Waals surface area (Å²) in [7, 11) is 0. The molecule has 216 valence electrons. The van der Waals surface area contributed by atoms with Gasteiger partial charge in [0, 0.05) is 18.7 Å². The summed E-state index contributed by atoms with van der Waals surface area (Å²) < 4.78 is 10.6. The van der Waals surface area contributed by atoms with Crippen molar-refractivity contribution in [3.8, 4) is 0 Å². The van der Waals surface area contributed by atoms with Crippen LogP contribution in [0.4, 0.5) is 4.79 Å². The molecule has 2 rings (SSSR count). The molecule has 0 saturated carbocycles.